The van der Waals surface area contributed by atoms with Gasteiger partial charge in [0.25, 0.3) is 5.91 Å². The van der Waals surface area contributed by atoms with Gasteiger partial charge in [0.05, 0.1) is 11.1 Å². The van der Waals surface area contributed by atoms with Crippen molar-refractivity contribution in [1.29, 1.82) is 0 Å². The molecular formula is C22H19F6N3O3. The first-order valence-corrected chi connectivity index (χ1v) is 9.98. The Morgan fingerprint density at radius 1 is 0.971 bits per heavy atom. The third-order valence-electron chi connectivity index (χ3n) is 5.42. The average Bonchev–Trinajstić information content (AvgIpc) is 2.98. The second-order valence-electron chi connectivity index (χ2n) is 7.79. The van der Waals surface area contributed by atoms with Crippen LogP contribution in [-0.4, -0.2) is 29.3 Å². The Labute approximate surface area is 189 Å². The Hall–Kier alpha value is -3.57. The minimum Gasteiger partial charge on any atom is -0.325 e. The van der Waals surface area contributed by atoms with Crippen LogP contribution in [-0.2, 0) is 27.5 Å². The van der Waals surface area contributed by atoms with Crippen molar-refractivity contribution >= 4 is 23.5 Å². The van der Waals surface area contributed by atoms with Crippen molar-refractivity contribution in [2.75, 3.05) is 11.9 Å². The Bertz CT molecular complexity index is 1100. The molecule has 6 nitrogen and oxygen atoms in total. The van der Waals surface area contributed by atoms with Crippen LogP contribution in [0, 0.1) is 6.92 Å². The first-order chi connectivity index (χ1) is 15.7. The number of benzene rings is 2. The Morgan fingerprint density at radius 3 is 1.97 bits per heavy atom. The van der Waals surface area contributed by atoms with Crippen LogP contribution in [0.25, 0.3) is 0 Å². The van der Waals surface area contributed by atoms with Gasteiger partial charge in [-0.1, -0.05) is 36.8 Å². The molecule has 0 radical (unpaired) electrons. The molecule has 1 aliphatic heterocycles. The maximum absolute atomic E-state index is 13.1. The molecule has 0 spiro atoms. The van der Waals surface area contributed by atoms with Crippen molar-refractivity contribution in [3.05, 3.63) is 64.7 Å². The van der Waals surface area contributed by atoms with Crippen molar-refractivity contribution in [3.8, 4) is 0 Å². The van der Waals surface area contributed by atoms with Gasteiger partial charge in [0.2, 0.25) is 5.91 Å². The predicted molar refractivity (Wildman–Crippen MR) is 108 cm³/mol. The smallest absolute Gasteiger partial charge is 0.325 e. The van der Waals surface area contributed by atoms with Gasteiger partial charge in [-0.25, -0.2) is 4.79 Å². The van der Waals surface area contributed by atoms with Crippen LogP contribution in [0.1, 0.15) is 35.6 Å². The minimum absolute atomic E-state index is 0.0791. The first-order valence-electron chi connectivity index (χ1n) is 9.98. The lowest BCUT2D eigenvalue weighted by molar-refractivity contribution is -0.143. The molecule has 12 heteroatoms. The van der Waals surface area contributed by atoms with E-state index in [-0.39, 0.29) is 12.5 Å². The molecule has 1 atom stereocenters. The lowest BCUT2D eigenvalue weighted by Gasteiger charge is -2.26. The largest absolute Gasteiger partial charge is 0.416 e. The van der Waals surface area contributed by atoms with E-state index in [0.29, 0.717) is 22.6 Å². The summed E-state index contributed by atoms with van der Waals surface area (Å²) >= 11 is 0. The van der Waals surface area contributed by atoms with Gasteiger partial charge in [0.1, 0.15) is 12.1 Å². The summed E-state index contributed by atoms with van der Waals surface area (Å²) in [6, 6.07) is 6.42. The number of nitrogens with zero attached hydrogens (tertiary/aromatic N) is 1. The molecular weight excluding hydrogens is 468 g/mol. The van der Waals surface area contributed by atoms with E-state index in [1.165, 1.54) is 0 Å². The highest BCUT2D eigenvalue weighted by Crippen LogP contribution is 2.38. The zero-order chi connectivity index (χ0) is 25.5. The quantitative estimate of drug-likeness (QED) is 0.469. The SMILES string of the molecule is CC[C@]1(c2ccc(C)cc2)NC(=O)N(CC(=O)Nc2cc(C(F)(F)F)cc(C(F)(F)F)c2)C1=O. The number of aryl methyl sites for hydroxylation is 1. The second kappa shape index (κ2) is 8.65. The van der Waals surface area contributed by atoms with E-state index >= 15 is 0 Å². The van der Waals surface area contributed by atoms with Crippen LogP contribution in [0.3, 0.4) is 0 Å². The summed E-state index contributed by atoms with van der Waals surface area (Å²) in [5.41, 5.74) is -4.09. The lowest BCUT2D eigenvalue weighted by atomic mass is 9.87. The molecule has 0 bridgehead atoms. The molecule has 0 saturated carbocycles. The summed E-state index contributed by atoms with van der Waals surface area (Å²) in [6.45, 7) is 2.56. The molecule has 1 saturated heterocycles. The summed E-state index contributed by atoms with van der Waals surface area (Å²) in [5, 5.41) is 4.45. The van der Waals surface area contributed by atoms with Gasteiger partial charge in [-0.3, -0.25) is 14.5 Å². The number of alkyl halides is 6. The molecule has 1 fully saturated rings. The second-order valence-corrected chi connectivity index (χ2v) is 7.79. The van der Waals surface area contributed by atoms with Gasteiger partial charge < -0.3 is 10.6 Å². The van der Waals surface area contributed by atoms with Crippen molar-refractivity contribution < 1.29 is 40.7 Å². The van der Waals surface area contributed by atoms with E-state index in [2.05, 4.69) is 5.32 Å². The number of urea groups is 1. The number of anilines is 1. The molecule has 0 aliphatic carbocycles. The summed E-state index contributed by atoms with van der Waals surface area (Å²) in [4.78, 5) is 38.5. The fraction of sp³-hybridized carbons (Fsp3) is 0.318. The summed E-state index contributed by atoms with van der Waals surface area (Å²) in [5.74, 6) is -1.91. The highest BCUT2D eigenvalue weighted by atomic mass is 19.4. The van der Waals surface area contributed by atoms with E-state index in [9.17, 15) is 40.7 Å². The number of hydrogen-bond donors (Lipinski definition) is 2. The molecule has 4 amide bonds. The van der Waals surface area contributed by atoms with Crippen molar-refractivity contribution in [1.82, 2.24) is 10.2 Å². The zero-order valence-corrected chi connectivity index (χ0v) is 17.9. The molecule has 0 unspecified atom stereocenters. The normalized spacial score (nSPS) is 18.8. The van der Waals surface area contributed by atoms with Crippen molar-refractivity contribution in [2.24, 2.45) is 0 Å². The van der Waals surface area contributed by atoms with Gasteiger partial charge in [-0.2, -0.15) is 26.3 Å². The van der Waals surface area contributed by atoms with E-state index in [4.69, 9.17) is 0 Å². The highest BCUT2D eigenvalue weighted by molar-refractivity contribution is 6.10. The molecule has 2 N–H and O–H groups in total. The standard InChI is InChI=1S/C22H19F6N3O3/c1-3-20(13-6-4-12(2)5-7-13)18(33)31(19(34)30-20)11-17(32)29-16-9-14(21(23,24)25)8-15(10-16)22(26,27)28/h4-10H,3,11H2,1-2H3,(H,29,32)(H,30,34)/t20-/m1/s1. The molecule has 2 aromatic rings. The van der Waals surface area contributed by atoms with Crippen LogP contribution >= 0.6 is 0 Å². The Morgan fingerprint density at radius 2 is 1.50 bits per heavy atom. The van der Waals surface area contributed by atoms with Gasteiger partial charge in [0.15, 0.2) is 0 Å². The summed E-state index contributed by atoms with van der Waals surface area (Å²) in [7, 11) is 0. The van der Waals surface area contributed by atoms with E-state index < -0.39 is 59.1 Å². The van der Waals surface area contributed by atoms with E-state index in [0.717, 1.165) is 5.56 Å². The molecule has 2 aromatic carbocycles. The molecule has 34 heavy (non-hydrogen) atoms. The topological polar surface area (TPSA) is 78.5 Å². The Kier molecular flexibility index (Phi) is 6.38. The molecule has 1 aliphatic rings. The molecule has 0 aromatic heterocycles. The van der Waals surface area contributed by atoms with Gasteiger partial charge in [-0.15, -0.1) is 0 Å². The van der Waals surface area contributed by atoms with E-state index in [1.54, 1.807) is 31.2 Å². The van der Waals surface area contributed by atoms with Crippen LogP contribution in [0.4, 0.5) is 36.8 Å². The van der Waals surface area contributed by atoms with Gasteiger partial charge >= 0.3 is 18.4 Å². The number of nitrogens with one attached hydrogen (secondary N) is 2. The third kappa shape index (κ3) is 4.85. The van der Waals surface area contributed by atoms with Crippen molar-refractivity contribution in [3.63, 3.8) is 0 Å². The number of rotatable bonds is 5. The fourth-order valence-electron chi connectivity index (χ4n) is 3.62. The monoisotopic (exact) mass is 487 g/mol. The Balaban J connectivity index is 1.84. The average molecular weight is 487 g/mol. The minimum atomic E-state index is -5.10. The van der Waals surface area contributed by atoms with Gasteiger partial charge in [0, 0.05) is 5.69 Å². The maximum Gasteiger partial charge on any atom is 0.416 e. The third-order valence-corrected chi connectivity index (χ3v) is 5.42. The summed E-state index contributed by atoms with van der Waals surface area (Å²) < 4.78 is 78.2. The molecule has 3 rings (SSSR count). The molecule has 182 valence electrons. The summed E-state index contributed by atoms with van der Waals surface area (Å²) in [6.07, 6.45) is -10.1. The maximum atomic E-state index is 13.1. The molecule has 1 heterocycles. The predicted octanol–water partition coefficient (Wildman–Crippen LogP) is 4.83. The van der Waals surface area contributed by atoms with Crippen LogP contribution < -0.4 is 10.6 Å². The van der Waals surface area contributed by atoms with Crippen LogP contribution in [0.5, 0.6) is 0 Å². The zero-order valence-electron chi connectivity index (χ0n) is 17.9. The highest BCUT2D eigenvalue weighted by Gasteiger charge is 2.51. The van der Waals surface area contributed by atoms with Crippen molar-refractivity contribution in [2.45, 2.75) is 38.2 Å². The fourth-order valence-corrected chi connectivity index (χ4v) is 3.62. The number of halogens is 6. The van der Waals surface area contributed by atoms with Crippen LogP contribution in [0.2, 0.25) is 0 Å². The number of carbonyl (C=O) groups excluding carboxylic acids is 3. The van der Waals surface area contributed by atoms with Gasteiger partial charge in [-0.05, 0) is 37.1 Å². The first kappa shape index (κ1) is 25.1. The number of amides is 4. The van der Waals surface area contributed by atoms with E-state index in [1.807, 2.05) is 12.2 Å². The number of carbonyl (C=O) groups is 3. The number of hydrogen-bond acceptors (Lipinski definition) is 3. The lowest BCUT2D eigenvalue weighted by Crippen LogP contribution is -2.44. The van der Waals surface area contributed by atoms with Crippen LogP contribution in [0.15, 0.2) is 42.5 Å². The number of imide groups is 1.